The van der Waals surface area contributed by atoms with Gasteiger partial charge in [-0.15, -0.1) is 0 Å². The Hall–Kier alpha value is -0.730. The van der Waals surface area contributed by atoms with Gasteiger partial charge >= 0.3 is 0 Å². The van der Waals surface area contributed by atoms with Crippen molar-refractivity contribution in [3.8, 4) is 0 Å². The van der Waals surface area contributed by atoms with Crippen LogP contribution in [0, 0.1) is 0 Å². The van der Waals surface area contributed by atoms with Gasteiger partial charge in [-0.3, -0.25) is 0 Å². The first-order valence-corrected chi connectivity index (χ1v) is 2.80. The lowest BCUT2D eigenvalue weighted by molar-refractivity contribution is 0.600. The molecule has 2 atom stereocenters. The van der Waals surface area contributed by atoms with Gasteiger partial charge < -0.3 is 11.1 Å². The van der Waals surface area contributed by atoms with E-state index in [0.29, 0.717) is 18.0 Å². The Morgan fingerprint density at radius 1 is 1.62 bits per heavy atom. The molecule has 3 heteroatoms. The number of guanidine groups is 1. The van der Waals surface area contributed by atoms with E-state index in [2.05, 4.69) is 17.2 Å². The van der Waals surface area contributed by atoms with Crippen molar-refractivity contribution >= 4 is 5.96 Å². The first-order valence-electron chi connectivity index (χ1n) is 2.80. The summed E-state index contributed by atoms with van der Waals surface area (Å²) in [7, 11) is 0. The molecule has 0 radical (unpaired) electrons. The van der Waals surface area contributed by atoms with Gasteiger partial charge in [0.25, 0.3) is 0 Å². The Morgan fingerprint density at radius 2 is 2.25 bits per heavy atom. The van der Waals surface area contributed by atoms with Crippen molar-refractivity contribution in [2.75, 3.05) is 0 Å². The molecule has 1 aliphatic rings. The summed E-state index contributed by atoms with van der Waals surface area (Å²) in [4.78, 5) is 4.05. The van der Waals surface area contributed by atoms with E-state index in [9.17, 15) is 0 Å². The minimum absolute atomic E-state index is 0.343. The summed E-state index contributed by atoms with van der Waals surface area (Å²) in [6.45, 7) is 4.10. The van der Waals surface area contributed by atoms with Crippen molar-refractivity contribution < 1.29 is 0 Å². The van der Waals surface area contributed by atoms with E-state index < -0.39 is 0 Å². The lowest BCUT2D eigenvalue weighted by atomic mass is 10.2. The lowest BCUT2D eigenvalue weighted by Gasteiger charge is -2.05. The maximum Gasteiger partial charge on any atom is 0.189 e. The smallest absolute Gasteiger partial charge is 0.189 e. The number of nitrogens with zero attached hydrogens (tertiary/aromatic N) is 1. The molecule has 0 amide bonds. The van der Waals surface area contributed by atoms with Crippen LogP contribution in [0.2, 0.25) is 0 Å². The topological polar surface area (TPSA) is 50.4 Å². The molecule has 0 fully saturated rings. The van der Waals surface area contributed by atoms with Crippen LogP contribution in [0.15, 0.2) is 4.99 Å². The molecule has 0 saturated heterocycles. The summed E-state index contributed by atoms with van der Waals surface area (Å²) < 4.78 is 0. The average Bonchev–Trinajstić information content (AvgIpc) is 1.85. The highest BCUT2D eigenvalue weighted by Gasteiger charge is 2.17. The van der Waals surface area contributed by atoms with E-state index in [-0.39, 0.29) is 0 Å². The second kappa shape index (κ2) is 1.65. The van der Waals surface area contributed by atoms with Crippen LogP contribution in [0.25, 0.3) is 0 Å². The Bertz CT molecular complexity index is 119. The second-order valence-corrected chi connectivity index (χ2v) is 2.19. The van der Waals surface area contributed by atoms with Gasteiger partial charge in [-0.05, 0) is 13.8 Å². The van der Waals surface area contributed by atoms with E-state index in [4.69, 9.17) is 5.73 Å². The van der Waals surface area contributed by atoms with Crippen molar-refractivity contribution in [3.05, 3.63) is 0 Å². The van der Waals surface area contributed by atoms with Crippen LogP contribution in [0.4, 0.5) is 0 Å². The van der Waals surface area contributed by atoms with Crippen molar-refractivity contribution in [1.29, 1.82) is 0 Å². The van der Waals surface area contributed by atoms with E-state index >= 15 is 0 Å². The van der Waals surface area contributed by atoms with Gasteiger partial charge in [0.15, 0.2) is 5.96 Å². The number of nitrogens with two attached hydrogens (primary N) is 1. The largest absolute Gasteiger partial charge is 0.370 e. The first kappa shape index (κ1) is 5.41. The Labute approximate surface area is 49.0 Å². The number of hydrogen-bond donors (Lipinski definition) is 2. The monoisotopic (exact) mass is 113 g/mol. The van der Waals surface area contributed by atoms with Crippen LogP contribution in [-0.4, -0.2) is 18.0 Å². The SMILES string of the molecule is CC1N=C(N)NC1C. The van der Waals surface area contributed by atoms with Gasteiger partial charge in [0.05, 0.1) is 6.04 Å². The van der Waals surface area contributed by atoms with Crippen molar-refractivity contribution in [2.45, 2.75) is 25.9 Å². The molecule has 0 spiro atoms. The van der Waals surface area contributed by atoms with E-state index in [0.717, 1.165) is 0 Å². The van der Waals surface area contributed by atoms with Crippen LogP contribution in [0.5, 0.6) is 0 Å². The zero-order valence-corrected chi connectivity index (χ0v) is 5.18. The summed E-state index contributed by atoms with van der Waals surface area (Å²) in [5, 5.41) is 2.99. The maximum absolute atomic E-state index is 5.35. The minimum atomic E-state index is 0.343. The normalized spacial score (nSPS) is 36.5. The fourth-order valence-electron chi connectivity index (χ4n) is 0.722. The molecule has 46 valence electrons. The molecule has 1 heterocycles. The van der Waals surface area contributed by atoms with Gasteiger partial charge in [0.1, 0.15) is 0 Å². The van der Waals surface area contributed by atoms with Crippen LogP contribution in [0.1, 0.15) is 13.8 Å². The standard InChI is InChI=1S/C5H11N3/c1-3-4(2)8-5(6)7-3/h3-4H,1-2H3,(H3,6,7,8). The van der Waals surface area contributed by atoms with Crippen LogP contribution in [-0.2, 0) is 0 Å². The molecule has 1 aliphatic heterocycles. The fraction of sp³-hybridized carbons (Fsp3) is 0.800. The van der Waals surface area contributed by atoms with Gasteiger partial charge in [0.2, 0.25) is 0 Å². The van der Waals surface area contributed by atoms with Gasteiger partial charge in [-0.1, -0.05) is 0 Å². The highest BCUT2D eigenvalue weighted by Crippen LogP contribution is 2.01. The molecule has 3 nitrogen and oxygen atoms in total. The van der Waals surface area contributed by atoms with Crippen molar-refractivity contribution in [3.63, 3.8) is 0 Å². The van der Waals surface area contributed by atoms with Crippen LogP contribution in [0.3, 0.4) is 0 Å². The summed E-state index contributed by atoms with van der Waals surface area (Å²) in [5.74, 6) is 0.574. The predicted octanol–water partition coefficient (Wildman–Crippen LogP) is -0.319. The van der Waals surface area contributed by atoms with Crippen molar-refractivity contribution in [1.82, 2.24) is 5.32 Å². The first-order chi connectivity index (χ1) is 3.70. The van der Waals surface area contributed by atoms with E-state index in [1.165, 1.54) is 0 Å². The molecule has 0 aliphatic carbocycles. The molecular formula is C5H11N3. The Kier molecular flexibility index (Phi) is 1.12. The highest BCUT2D eigenvalue weighted by molar-refractivity contribution is 5.80. The third kappa shape index (κ3) is 0.757. The minimum Gasteiger partial charge on any atom is -0.370 e. The molecule has 1 rings (SSSR count). The molecule has 0 bridgehead atoms. The average molecular weight is 113 g/mol. The molecule has 0 saturated carbocycles. The van der Waals surface area contributed by atoms with Gasteiger partial charge in [-0.25, -0.2) is 4.99 Å². The van der Waals surface area contributed by atoms with E-state index in [1.54, 1.807) is 0 Å². The molecular weight excluding hydrogens is 102 g/mol. The van der Waals surface area contributed by atoms with Gasteiger partial charge in [0, 0.05) is 6.04 Å². The fourth-order valence-corrected chi connectivity index (χ4v) is 0.722. The number of hydrogen-bond acceptors (Lipinski definition) is 3. The van der Waals surface area contributed by atoms with Crippen LogP contribution < -0.4 is 11.1 Å². The third-order valence-corrected chi connectivity index (χ3v) is 1.44. The van der Waals surface area contributed by atoms with E-state index in [1.807, 2.05) is 6.92 Å². The summed E-state index contributed by atoms with van der Waals surface area (Å²) >= 11 is 0. The molecule has 2 unspecified atom stereocenters. The summed E-state index contributed by atoms with van der Waals surface area (Å²) in [6, 6.07) is 0.755. The summed E-state index contributed by atoms with van der Waals surface area (Å²) in [6.07, 6.45) is 0. The lowest BCUT2D eigenvalue weighted by Crippen LogP contribution is -2.34. The molecule has 8 heavy (non-hydrogen) atoms. The molecule has 3 N–H and O–H groups in total. The zero-order chi connectivity index (χ0) is 6.15. The molecule has 0 aromatic heterocycles. The molecule has 0 aromatic carbocycles. The van der Waals surface area contributed by atoms with Crippen molar-refractivity contribution in [2.24, 2.45) is 10.7 Å². The zero-order valence-electron chi connectivity index (χ0n) is 5.18. The van der Waals surface area contributed by atoms with Gasteiger partial charge in [-0.2, -0.15) is 0 Å². The highest BCUT2D eigenvalue weighted by atomic mass is 15.2. The third-order valence-electron chi connectivity index (χ3n) is 1.44. The maximum atomic E-state index is 5.35. The predicted molar refractivity (Wildman–Crippen MR) is 33.7 cm³/mol. The second-order valence-electron chi connectivity index (χ2n) is 2.19. The number of rotatable bonds is 0. The number of aliphatic imine (C=N–C) groups is 1. The van der Waals surface area contributed by atoms with Crippen LogP contribution >= 0.6 is 0 Å². The Morgan fingerprint density at radius 3 is 2.38 bits per heavy atom. The Balaban J connectivity index is 2.56. The quantitative estimate of drug-likeness (QED) is 0.452. The molecule has 0 aromatic rings. The number of nitrogens with one attached hydrogen (secondary N) is 1. The summed E-state index contributed by atoms with van der Waals surface area (Å²) in [5.41, 5.74) is 5.35.